The lowest BCUT2D eigenvalue weighted by Gasteiger charge is -2.33. The molecule has 2 N–H and O–H groups in total. The van der Waals surface area contributed by atoms with Gasteiger partial charge in [-0.3, -0.25) is 9.69 Å². The van der Waals surface area contributed by atoms with E-state index in [0.29, 0.717) is 23.4 Å². The van der Waals surface area contributed by atoms with Crippen LogP contribution >= 0.6 is 11.6 Å². The summed E-state index contributed by atoms with van der Waals surface area (Å²) >= 11 is 5.76. The molecule has 6 heteroatoms. The van der Waals surface area contributed by atoms with Crippen LogP contribution in [0.2, 0.25) is 5.02 Å². The quantitative estimate of drug-likeness (QED) is 0.846. The number of hydrogen-bond donors (Lipinski definition) is 2. The number of aliphatic hydroxyl groups is 1. The maximum Gasteiger partial charge on any atom is 0.239 e. The average molecular weight is 312 g/mol. The number of aliphatic hydroxyl groups excluding tert-OH is 1. The largest absolute Gasteiger partial charge is 0.395 e. The SMILES string of the molecule is O=C(CN(CCO)C1CCCCC1)Nc1ccc(Cl)cn1. The molecule has 0 aliphatic heterocycles. The van der Waals surface area contributed by atoms with Gasteiger partial charge in [0.05, 0.1) is 18.2 Å². The monoisotopic (exact) mass is 311 g/mol. The van der Waals surface area contributed by atoms with Crippen LogP contribution in [0, 0.1) is 0 Å². The summed E-state index contributed by atoms with van der Waals surface area (Å²) in [7, 11) is 0. The molecule has 1 aromatic heterocycles. The highest BCUT2D eigenvalue weighted by Gasteiger charge is 2.22. The van der Waals surface area contributed by atoms with E-state index in [4.69, 9.17) is 11.6 Å². The van der Waals surface area contributed by atoms with Gasteiger partial charge in [-0.15, -0.1) is 0 Å². The Labute approximate surface area is 130 Å². The van der Waals surface area contributed by atoms with Gasteiger partial charge in [0.1, 0.15) is 5.82 Å². The third-order valence-corrected chi connectivity index (χ3v) is 4.04. The molecule has 0 aromatic carbocycles. The second-order valence-corrected chi connectivity index (χ2v) is 5.83. The number of amides is 1. The number of carbonyl (C=O) groups is 1. The number of rotatable bonds is 6. The van der Waals surface area contributed by atoms with Crippen molar-refractivity contribution in [1.29, 1.82) is 0 Å². The maximum absolute atomic E-state index is 12.1. The Bertz CT molecular complexity index is 447. The first kappa shape index (κ1) is 16.2. The normalized spacial score (nSPS) is 16.1. The Balaban J connectivity index is 1.89. The fraction of sp³-hybridized carbons (Fsp3) is 0.600. The van der Waals surface area contributed by atoms with Crippen molar-refractivity contribution in [3.8, 4) is 0 Å². The highest BCUT2D eigenvalue weighted by molar-refractivity contribution is 6.30. The topological polar surface area (TPSA) is 65.5 Å². The van der Waals surface area contributed by atoms with Crippen molar-refractivity contribution in [1.82, 2.24) is 9.88 Å². The standard InChI is InChI=1S/C15H22ClN3O2/c16-12-6-7-14(17-10-12)18-15(21)11-19(8-9-20)13-4-2-1-3-5-13/h6-7,10,13,20H,1-5,8-9,11H2,(H,17,18,21). The van der Waals surface area contributed by atoms with Crippen molar-refractivity contribution < 1.29 is 9.90 Å². The van der Waals surface area contributed by atoms with Gasteiger partial charge in [0.2, 0.25) is 5.91 Å². The smallest absolute Gasteiger partial charge is 0.239 e. The van der Waals surface area contributed by atoms with Crippen LogP contribution in [0.1, 0.15) is 32.1 Å². The summed E-state index contributed by atoms with van der Waals surface area (Å²) in [6.07, 6.45) is 7.38. The van der Waals surface area contributed by atoms with Gasteiger partial charge in [-0.05, 0) is 25.0 Å². The molecule has 0 spiro atoms. The number of carbonyl (C=O) groups excluding carboxylic acids is 1. The number of halogens is 1. The first-order valence-electron chi connectivity index (χ1n) is 7.45. The van der Waals surface area contributed by atoms with E-state index >= 15 is 0 Å². The molecule has 1 aliphatic rings. The minimum absolute atomic E-state index is 0.0724. The minimum atomic E-state index is -0.108. The highest BCUT2D eigenvalue weighted by Crippen LogP contribution is 2.22. The fourth-order valence-corrected chi connectivity index (χ4v) is 2.89. The fourth-order valence-electron chi connectivity index (χ4n) is 2.78. The molecule has 1 aromatic rings. The van der Waals surface area contributed by atoms with E-state index in [1.54, 1.807) is 12.1 Å². The molecule has 116 valence electrons. The Morgan fingerprint density at radius 2 is 2.14 bits per heavy atom. The van der Waals surface area contributed by atoms with Crippen molar-refractivity contribution in [2.75, 3.05) is 25.0 Å². The van der Waals surface area contributed by atoms with Gasteiger partial charge in [-0.2, -0.15) is 0 Å². The van der Waals surface area contributed by atoms with E-state index in [0.717, 1.165) is 12.8 Å². The second kappa shape index (κ2) is 8.32. The molecule has 0 radical (unpaired) electrons. The third kappa shape index (κ3) is 5.26. The van der Waals surface area contributed by atoms with Crippen LogP contribution < -0.4 is 5.32 Å². The van der Waals surface area contributed by atoms with Crippen LogP contribution in [0.15, 0.2) is 18.3 Å². The molecular weight excluding hydrogens is 290 g/mol. The van der Waals surface area contributed by atoms with Crippen LogP contribution in [0.4, 0.5) is 5.82 Å². The number of nitrogens with zero attached hydrogens (tertiary/aromatic N) is 2. The minimum Gasteiger partial charge on any atom is -0.395 e. The molecule has 0 bridgehead atoms. The molecule has 1 fully saturated rings. The van der Waals surface area contributed by atoms with Crippen molar-refractivity contribution in [3.63, 3.8) is 0 Å². The predicted molar refractivity (Wildman–Crippen MR) is 83.4 cm³/mol. The molecule has 2 rings (SSSR count). The van der Waals surface area contributed by atoms with E-state index in [9.17, 15) is 9.90 Å². The summed E-state index contributed by atoms with van der Waals surface area (Å²) in [6.45, 7) is 0.893. The molecule has 1 saturated carbocycles. The second-order valence-electron chi connectivity index (χ2n) is 5.40. The number of hydrogen-bond acceptors (Lipinski definition) is 4. The zero-order valence-corrected chi connectivity index (χ0v) is 12.9. The van der Waals surface area contributed by atoms with E-state index in [2.05, 4.69) is 15.2 Å². The Kier molecular flexibility index (Phi) is 6.42. The van der Waals surface area contributed by atoms with E-state index in [-0.39, 0.29) is 19.1 Å². The zero-order chi connectivity index (χ0) is 15.1. The van der Waals surface area contributed by atoms with Crippen LogP contribution in [0.25, 0.3) is 0 Å². The number of nitrogens with one attached hydrogen (secondary N) is 1. The van der Waals surface area contributed by atoms with E-state index in [1.807, 2.05) is 0 Å². The Hall–Kier alpha value is -1.17. The van der Waals surface area contributed by atoms with Crippen molar-refractivity contribution in [2.45, 2.75) is 38.1 Å². The summed E-state index contributed by atoms with van der Waals surface area (Å²) in [4.78, 5) is 18.2. The molecule has 1 aliphatic carbocycles. The first-order valence-corrected chi connectivity index (χ1v) is 7.83. The zero-order valence-electron chi connectivity index (χ0n) is 12.1. The van der Waals surface area contributed by atoms with Crippen LogP contribution in [0.3, 0.4) is 0 Å². The first-order chi connectivity index (χ1) is 10.2. The number of anilines is 1. The van der Waals surface area contributed by atoms with Crippen LogP contribution in [0.5, 0.6) is 0 Å². The predicted octanol–water partition coefficient (Wildman–Crippen LogP) is 2.30. The van der Waals surface area contributed by atoms with Crippen LogP contribution in [-0.2, 0) is 4.79 Å². The summed E-state index contributed by atoms with van der Waals surface area (Å²) in [5, 5.41) is 12.5. The lowest BCUT2D eigenvalue weighted by Crippen LogP contribution is -2.43. The maximum atomic E-state index is 12.1. The molecular formula is C15H22ClN3O2. The van der Waals surface area contributed by atoms with Gasteiger partial charge in [0.25, 0.3) is 0 Å². The highest BCUT2D eigenvalue weighted by atomic mass is 35.5. The lowest BCUT2D eigenvalue weighted by atomic mass is 9.94. The molecule has 0 atom stereocenters. The average Bonchev–Trinajstić information content (AvgIpc) is 2.50. The van der Waals surface area contributed by atoms with Crippen molar-refractivity contribution in [3.05, 3.63) is 23.4 Å². The van der Waals surface area contributed by atoms with Gasteiger partial charge >= 0.3 is 0 Å². The molecule has 0 saturated heterocycles. The van der Waals surface area contributed by atoms with Crippen molar-refractivity contribution in [2.24, 2.45) is 0 Å². The van der Waals surface area contributed by atoms with Gasteiger partial charge in [0, 0.05) is 18.8 Å². The van der Waals surface area contributed by atoms with Gasteiger partial charge in [0.15, 0.2) is 0 Å². The third-order valence-electron chi connectivity index (χ3n) is 3.82. The molecule has 0 unspecified atom stereocenters. The molecule has 1 amide bonds. The van der Waals surface area contributed by atoms with Gasteiger partial charge in [-0.1, -0.05) is 30.9 Å². The van der Waals surface area contributed by atoms with Crippen LogP contribution in [-0.4, -0.2) is 46.6 Å². The summed E-state index contributed by atoms with van der Waals surface area (Å²) in [6, 6.07) is 3.77. The van der Waals surface area contributed by atoms with E-state index < -0.39 is 0 Å². The summed E-state index contributed by atoms with van der Waals surface area (Å²) in [5.41, 5.74) is 0. The van der Waals surface area contributed by atoms with Gasteiger partial charge in [-0.25, -0.2) is 4.98 Å². The number of pyridine rings is 1. The summed E-state index contributed by atoms with van der Waals surface area (Å²) < 4.78 is 0. The Morgan fingerprint density at radius 1 is 1.38 bits per heavy atom. The van der Waals surface area contributed by atoms with Gasteiger partial charge < -0.3 is 10.4 Å². The molecule has 1 heterocycles. The lowest BCUT2D eigenvalue weighted by molar-refractivity contribution is -0.118. The summed E-state index contributed by atoms with van der Waals surface area (Å²) in [5.74, 6) is 0.390. The van der Waals surface area contributed by atoms with E-state index in [1.165, 1.54) is 25.5 Å². The number of aromatic nitrogens is 1. The Morgan fingerprint density at radius 3 is 2.76 bits per heavy atom. The van der Waals surface area contributed by atoms with Crippen molar-refractivity contribution >= 4 is 23.3 Å². The molecule has 5 nitrogen and oxygen atoms in total. The molecule has 21 heavy (non-hydrogen) atoms.